The van der Waals surface area contributed by atoms with Crippen LogP contribution in [-0.4, -0.2) is 181 Å². The van der Waals surface area contributed by atoms with Crippen molar-refractivity contribution in [2.45, 2.75) is 132 Å². The van der Waals surface area contributed by atoms with Gasteiger partial charge < -0.3 is 19.6 Å². The molecule has 0 amide bonds. The number of nitrogens with zero attached hydrogens (tertiary/aromatic N) is 5. The first kappa shape index (κ1) is 61.2. The fraction of sp³-hybridized carbons (Fsp3) is 0.644. The van der Waals surface area contributed by atoms with Crippen molar-refractivity contribution in [3.8, 4) is 0 Å². The van der Waals surface area contributed by atoms with Crippen LogP contribution >= 0.6 is 23.5 Å². The average molecular weight is 1080 g/mol. The van der Waals surface area contributed by atoms with Crippen molar-refractivity contribution >= 4 is 60.3 Å². The van der Waals surface area contributed by atoms with Crippen LogP contribution in [0.4, 0.5) is 0 Å². The van der Waals surface area contributed by atoms with Gasteiger partial charge in [0.15, 0.2) is 11.6 Å². The fourth-order valence-corrected chi connectivity index (χ4v) is 12.3. The summed E-state index contributed by atoms with van der Waals surface area (Å²) in [5.41, 5.74) is 2.59. The van der Waals surface area contributed by atoms with E-state index in [1.54, 1.807) is 0 Å². The monoisotopic (exact) mass is 1080 g/mol. The number of piperazine rings is 2. The summed E-state index contributed by atoms with van der Waals surface area (Å²) in [4.78, 5) is 51.3. The van der Waals surface area contributed by atoms with Gasteiger partial charge in [0.2, 0.25) is 0 Å². The van der Waals surface area contributed by atoms with E-state index in [0.717, 1.165) is 115 Å². The van der Waals surface area contributed by atoms with Crippen LogP contribution < -0.4 is 4.46 Å². The zero-order valence-corrected chi connectivity index (χ0v) is 48.2. The first-order chi connectivity index (χ1) is 34.7. The van der Waals surface area contributed by atoms with E-state index in [9.17, 15) is 14.4 Å². The van der Waals surface area contributed by atoms with E-state index in [0.29, 0.717) is 34.2 Å². The van der Waals surface area contributed by atoms with Crippen molar-refractivity contribution in [2.24, 2.45) is 0 Å². The molecule has 396 valence electrons. The van der Waals surface area contributed by atoms with E-state index in [2.05, 4.69) is 95.8 Å². The topological polar surface area (TPSA) is 76.6 Å². The second-order valence-electron chi connectivity index (χ2n) is 19.6. The molecule has 3 aliphatic heterocycles. The van der Waals surface area contributed by atoms with Gasteiger partial charge in [0.25, 0.3) is 0 Å². The Morgan fingerprint density at radius 3 is 1.21 bits per heavy atom. The number of hydrogen-bond donors (Lipinski definition) is 0. The summed E-state index contributed by atoms with van der Waals surface area (Å²) in [6.07, 6.45) is 17.7. The molecule has 3 fully saturated rings. The number of ketones is 3. The summed E-state index contributed by atoms with van der Waals surface area (Å²) in [6, 6.07) is 24.8. The maximum absolute atomic E-state index is 12.4. The zero-order chi connectivity index (χ0) is 50.7. The molecule has 71 heavy (non-hydrogen) atoms. The molecule has 3 aliphatic rings. The van der Waals surface area contributed by atoms with Gasteiger partial charge in [0.05, 0.1) is 0 Å². The predicted octanol–water partition coefficient (Wildman–Crippen LogP) is 11.3. The summed E-state index contributed by atoms with van der Waals surface area (Å²) in [5, 5.41) is 1.31. The molecule has 12 heteroatoms. The van der Waals surface area contributed by atoms with Gasteiger partial charge in [0, 0.05) is 99.2 Å². The number of benzene rings is 3. The standard InChI is InChI=1S/C21H34N2OS.C20H32N2OS.C18H27NO2Se/c1-3-4-5-6-7-18-25-20-10-8-19(9-11-20)21(24)12-13-23-16-14-22(2)15-17-23;1-3-4-5-6-17-24-19-9-7-18(8-10-19)20(23)11-12-22-15-13-21(2)14-16-22;1-2-3-4-15-22-17-7-5-16(6-8-17)18(20)9-10-19-11-13-21-14-12-19/h8-11H,3-7,12-18H2,1-2H3;7-10H,3-6,11-17H2,1-2H3;5-8H,2-4,9-15H2,1H3. The van der Waals surface area contributed by atoms with Crippen LogP contribution in [0.5, 0.6) is 0 Å². The average Bonchev–Trinajstić information content (AvgIpc) is 3.41. The minimum atomic E-state index is 0.261. The number of carbonyl (C=O) groups excluding carboxylic acids is 3. The molecule has 3 saturated heterocycles. The summed E-state index contributed by atoms with van der Waals surface area (Å²) < 4.78 is 6.74. The van der Waals surface area contributed by atoms with Gasteiger partial charge in [-0.15, -0.1) is 23.5 Å². The molecule has 3 aromatic rings. The molecule has 0 unspecified atom stereocenters. The maximum atomic E-state index is 12.4. The van der Waals surface area contributed by atoms with Gasteiger partial charge in [-0.2, -0.15) is 0 Å². The zero-order valence-electron chi connectivity index (χ0n) is 44.9. The summed E-state index contributed by atoms with van der Waals surface area (Å²) >= 11 is 4.37. The van der Waals surface area contributed by atoms with Crippen molar-refractivity contribution < 1.29 is 19.1 Å². The SMILES string of the molecule is CCCCCCCSc1ccc(C(=O)CCN2CCN(C)CC2)cc1.CCCCCCSc1ccc(C(=O)CCN2CCN(C)CC2)cc1.CCCCC[Se]c1ccc(C(=O)CCN2CCOCC2)cc1. The fourth-order valence-electron chi connectivity index (χ4n) is 8.55. The molecule has 3 heterocycles. The third-order valence-electron chi connectivity index (χ3n) is 13.6. The van der Waals surface area contributed by atoms with Gasteiger partial charge in [0.1, 0.15) is 0 Å². The molecule has 0 saturated carbocycles. The Morgan fingerprint density at radius 2 is 0.803 bits per heavy atom. The number of morpholine rings is 1. The molecule has 0 bridgehead atoms. The third-order valence-corrected chi connectivity index (χ3v) is 18.1. The van der Waals surface area contributed by atoms with Crippen LogP contribution in [0.1, 0.15) is 148 Å². The number of unbranched alkanes of at least 4 members (excludes halogenated alkanes) is 9. The van der Waals surface area contributed by atoms with Crippen molar-refractivity contribution in [1.82, 2.24) is 24.5 Å². The minimum absolute atomic E-state index is 0.261. The van der Waals surface area contributed by atoms with Gasteiger partial charge >= 0.3 is 140 Å². The van der Waals surface area contributed by atoms with Crippen LogP contribution in [0.3, 0.4) is 0 Å². The van der Waals surface area contributed by atoms with Crippen LogP contribution in [-0.2, 0) is 4.74 Å². The molecule has 0 aromatic heterocycles. The van der Waals surface area contributed by atoms with E-state index in [1.165, 1.54) is 108 Å². The molecule has 0 spiro atoms. The van der Waals surface area contributed by atoms with E-state index < -0.39 is 0 Å². The Morgan fingerprint density at radius 1 is 0.451 bits per heavy atom. The molecule has 0 radical (unpaired) electrons. The molecular weight excluding hydrogens is 986 g/mol. The van der Waals surface area contributed by atoms with Gasteiger partial charge in [-0.25, -0.2) is 0 Å². The quantitative estimate of drug-likeness (QED) is 0.0277. The second kappa shape index (κ2) is 38.2. The predicted molar refractivity (Wildman–Crippen MR) is 305 cm³/mol. The van der Waals surface area contributed by atoms with Gasteiger partial charge in [-0.3, -0.25) is 9.59 Å². The van der Waals surface area contributed by atoms with Gasteiger partial charge in [-0.05, 0) is 62.7 Å². The van der Waals surface area contributed by atoms with Crippen LogP contribution in [0.15, 0.2) is 82.6 Å². The normalized spacial score (nSPS) is 16.2. The molecule has 0 N–H and O–H groups in total. The molecular formula is C59H93N5O4S2Se. The number of Topliss-reactive ketones (excluding diaryl/α,β-unsaturated/α-hetero) is 3. The number of ether oxygens (including phenoxy) is 1. The number of thioether (sulfide) groups is 2. The van der Waals surface area contributed by atoms with Crippen LogP contribution in [0.25, 0.3) is 0 Å². The van der Waals surface area contributed by atoms with E-state index >= 15 is 0 Å². The molecule has 9 nitrogen and oxygen atoms in total. The Hall–Kier alpha value is -2.35. The van der Waals surface area contributed by atoms with E-state index in [-0.39, 0.29) is 17.3 Å². The van der Waals surface area contributed by atoms with Crippen molar-refractivity contribution in [1.29, 1.82) is 0 Å². The summed E-state index contributed by atoms with van der Waals surface area (Å²) in [6.45, 7) is 21.6. The number of rotatable bonds is 30. The Bertz CT molecular complexity index is 1850. The first-order valence-corrected chi connectivity index (χ1v) is 31.6. The number of likely N-dealkylation sites (N-methyl/N-ethyl adjacent to an activating group) is 2. The molecule has 0 atom stereocenters. The molecule has 3 aromatic carbocycles. The first-order valence-electron chi connectivity index (χ1n) is 27.6. The van der Waals surface area contributed by atoms with Crippen molar-refractivity contribution in [3.05, 3.63) is 89.5 Å². The molecule has 0 aliphatic carbocycles. The number of hydrogen-bond acceptors (Lipinski definition) is 11. The second-order valence-corrected chi connectivity index (χ2v) is 24.4. The Labute approximate surface area is 446 Å². The Balaban J connectivity index is 0.000000232. The van der Waals surface area contributed by atoms with Crippen molar-refractivity contribution in [2.75, 3.05) is 124 Å². The Kier molecular flexibility index (Phi) is 33.0. The van der Waals surface area contributed by atoms with Crippen LogP contribution in [0.2, 0.25) is 5.32 Å². The summed E-state index contributed by atoms with van der Waals surface area (Å²) in [7, 11) is 4.32. The van der Waals surface area contributed by atoms with E-state index in [1.807, 2.05) is 59.9 Å². The van der Waals surface area contributed by atoms with Gasteiger partial charge in [-0.1, -0.05) is 83.1 Å². The number of carbonyl (C=O) groups is 3. The van der Waals surface area contributed by atoms with Crippen molar-refractivity contribution in [3.63, 3.8) is 0 Å². The molecule has 6 rings (SSSR count). The van der Waals surface area contributed by atoms with Crippen LogP contribution in [0, 0.1) is 0 Å². The third kappa shape index (κ3) is 27.1. The van der Waals surface area contributed by atoms with E-state index in [4.69, 9.17) is 4.74 Å². The summed E-state index contributed by atoms with van der Waals surface area (Å²) in [5.74, 6) is 3.16.